The van der Waals surface area contributed by atoms with Gasteiger partial charge in [-0.15, -0.1) is 0 Å². The maximum atomic E-state index is 10.7. The third kappa shape index (κ3) is 7.47. The molecule has 1 aliphatic heterocycles. The zero-order valence-corrected chi connectivity index (χ0v) is 18.4. The quantitative estimate of drug-likeness (QED) is 0.327. The van der Waals surface area contributed by atoms with E-state index in [1.165, 1.54) is 0 Å². The molecule has 0 aliphatic carbocycles. The Morgan fingerprint density at radius 2 is 1.64 bits per heavy atom. The van der Waals surface area contributed by atoms with Crippen LogP contribution in [-0.2, 0) is 19.1 Å². The molecule has 3 unspecified atom stereocenters. The summed E-state index contributed by atoms with van der Waals surface area (Å²) in [5, 5.41) is 58.4. The van der Waals surface area contributed by atoms with E-state index in [0.29, 0.717) is 0 Å². The van der Waals surface area contributed by atoms with Crippen LogP contribution < -0.4 is 113 Å². The standard InChI is InChI=1S/C10H16O10.2K/c11-2-4-6(14)7(15)8(16)10(20-4)19-3(9(17)18)1-5(12)13;;/h3-4,6-8,10-11,14-16H,1-2H2,(H,12,13)(H,17,18);;/q;2*+1/p-2/t3-,4?,6-,7-,8?,10?;;/m0../s1. The fourth-order valence-electron chi connectivity index (χ4n) is 1.68. The van der Waals surface area contributed by atoms with Gasteiger partial charge in [0.05, 0.1) is 12.6 Å². The van der Waals surface area contributed by atoms with E-state index in [1.54, 1.807) is 0 Å². The number of aliphatic hydroxyl groups excluding tert-OH is 4. The molecule has 1 rings (SSSR count). The summed E-state index contributed by atoms with van der Waals surface area (Å²) in [6.07, 6.45) is -11.3. The average Bonchev–Trinajstić information content (AvgIpc) is 2.37. The van der Waals surface area contributed by atoms with E-state index < -0.39 is 61.8 Å². The fraction of sp³-hybridized carbons (Fsp3) is 0.800. The van der Waals surface area contributed by atoms with Gasteiger partial charge in [-0.2, -0.15) is 0 Å². The van der Waals surface area contributed by atoms with Crippen LogP contribution in [0.15, 0.2) is 0 Å². The molecule has 1 saturated heterocycles. The predicted octanol–water partition coefficient (Wildman–Crippen LogP) is -11.9. The minimum atomic E-state index is -1.98. The normalized spacial score (nSPS) is 32.3. The van der Waals surface area contributed by atoms with Gasteiger partial charge in [-0.05, 0) is 0 Å². The third-order valence-corrected chi connectivity index (χ3v) is 2.76. The first-order valence-electron chi connectivity index (χ1n) is 5.64. The third-order valence-electron chi connectivity index (χ3n) is 2.76. The van der Waals surface area contributed by atoms with E-state index in [9.17, 15) is 35.1 Å². The summed E-state index contributed by atoms with van der Waals surface area (Å²) in [5.74, 6) is -3.62. The molecule has 1 aliphatic rings. The molecule has 0 aromatic heterocycles. The number of ether oxygens (including phenoxy) is 2. The molecule has 116 valence electrons. The van der Waals surface area contributed by atoms with Crippen molar-refractivity contribution in [3.05, 3.63) is 0 Å². The van der Waals surface area contributed by atoms with Crippen LogP contribution in [0.3, 0.4) is 0 Å². The first-order valence-corrected chi connectivity index (χ1v) is 5.64. The number of carboxylic acid groups (broad SMARTS) is 2. The Morgan fingerprint density at radius 1 is 1.09 bits per heavy atom. The number of aliphatic hydroxyl groups is 4. The van der Waals surface area contributed by atoms with Crippen LogP contribution in [0.2, 0.25) is 0 Å². The van der Waals surface area contributed by atoms with Crippen LogP contribution in [0.1, 0.15) is 6.42 Å². The van der Waals surface area contributed by atoms with Gasteiger partial charge < -0.3 is 49.7 Å². The van der Waals surface area contributed by atoms with E-state index >= 15 is 0 Å². The van der Waals surface area contributed by atoms with Crippen molar-refractivity contribution in [2.24, 2.45) is 0 Å². The van der Waals surface area contributed by atoms with E-state index in [1.807, 2.05) is 0 Å². The van der Waals surface area contributed by atoms with Gasteiger partial charge in [0.1, 0.15) is 30.5 Å². The number of rotatable bonds is 6. The van der Waals surface area contributed by atoms with Gasteiger partial charge in [-0.3, -0.25) is 0 Å². The Bertz CT molecular complexity index is 366. The smallest absolute Gasteiger partial charge is 0.550 e. The molecule has 4 N–H and O–H groups in total. The van der Waals surface area contributed by atoms with Crippen molar-refractivity contribution in [2.75, 3.05) is 6.61 Å². The molecule has 0 amide bonds. The van der Waals surface area contributed by atoms with Crippen molar-refractivity contribution in [3.63, 3.8) is 0 Å². The molecule has 1 fully saturated rings. The summed E-state index contributed by atoms with van der Waals surface area (Å²) in [7, 11) is 0. The average molecular weight is 372 g/mol. The van der Waals surface area contributed by atoms with Crippen molar-refractivity contribution in [3.8, 4) is 0 Å². The topological polar surface area (TPSA) is 180 Å². The Hall–Kier alpha value is 1.97. The maximum absolute atomic E-state index is 10.7. The number of hydrogen-bond donors (Lipinski definition) is 4. The molecule has 6 atom stereocenters. The molecule has 12 heteroatoms. The van der Waals surface area contributed by atoms with Gasteiger partial charge in [0.25, 0.3) is 0 Å². The van der Waals surface area contributed by atoms with Crippen LogP contribution >= 0.6 is 0 Å². The van der Waals surface area contributed by atoms with Gasteiger partial charge in [-0.25, -0.2) is 0 Å². The molecule has 0 saturated carbocycles. The summed E-state index contributed by atoms with van der Waals surface area (Å²) in [5.41, 5.74) is 0. The van der Waals surface area contributed by atoms with E-state index in [-0.39, 0.29) is 103 Å². The minimum Gasteiger partial charge on any atom is -0.550 e. The monoisotopic (exact) mass is 372 g/mol. The van der Waals surface area contributed by atoms with Crippen LogP contribution in [-0.4, -0.2) is 75.8 Å². The second-order valence-electron chi connectivity index (χ2n) is 4.22. The van der Waals surface area contributed by atoms with E-state index in [4.69, 9.17) is 9.84 Å². The van der Waals surface area contributed by atoms with Gasteiger partial charge in [0.2, 0.25) is 0 Å². The van der Waals surface area contributed by atoms with Crippen molar-refractivity contribution < 1.29 is 152 Å². The first kappa shape index (κ1) is 26.2. The second-order valence-corrected chi connectivity index (χ2v) is 4.22. The van der Waals surface area contributed by atoms with Crippen molar-refractivity contribution in [1.82, 2.24) is 0 Å². The molecule has 0 radical (unpaired) electrons. The van der Waals surface area contributed by atoms with Gasteiger partial charge in [0, 0.05) is 12.4 Å². The van der Waals surface area contributed by atoms with Crippen LogP contribution in [0.25, 0.3) is 0 Å². The molecule has 0 aromatic rings. The zero-order chi connectivity index (χ0) is 15.4. The Morgan fingerprint density at radius 3 is 2.05 bits per heavy atom. The summed E-state index contributed by atoms with van der Waals surface area (Å²) in [4.78, 5) is 21.0. The molecule has 0 aromatic carbocycles. The molecule has 1 heterocycles. The van der Waals surface area contributed by atoms with Crippen molar-refractivity contribution >= 4 is 11.9 Å². The summed E-state index contributed by atoms with van der Waals surface area (Å²) < 4.78 is 9.55. The van der Waals surface area contributed by atoms with Gasteiger partial charge in [-0.1, -0.05) is 0 Å². The summed E-state index contributed by atoms with van der Waals surface area (Å²) >= 11 is 0. The molecule has 0 bridgehead atoms. The Labute approximate surface area is 210 Å². The van der Waals surface area contributed by atoms with Crippen LogP contribution in [0.4, 0.5) is 0 Å². The molecule has 0 spiro atoms. The SMILES string of the molecule is O=C([O-])C[C@H](OC1OC(CO)[C@H](O)[C@H](O)C1O)C(=O)[O-].[K+].[K+]. The summed E-state index contributed by atoms with van der Waals surface area (Å²) in [6.45, 7) is -0.735. The van der Waals surface area contributed by atoms with Crippen LogP contribution in [0, 0.1) is 0 Å². The van der Waals surface area contributed by atoms with Crippen molar-refractivity contribution in [2.45, 2.75) is 43.2 Å². The summed E-state index contributed by atoms with van der Waals surface area (Å²) in [6, 6.07) is 0. The number of aliphatic carboxylic acids is 2. The molecule has 22 heavy (non-hydrogen) atoms. The fourth-order valence-corrected chi connectivity index (χ4v) is 1.68. The van der Waals surface area contributed by atoms with Gasteiger partial charge in [0.15, 0.2) is 6.29 Å². The maximum Gasteiger partial charge on any atom is 1.00 e. The molecular weight excluding hydrogens is 358 g/mol. The number of hydrogen-bond acceptors (Lipinski definition) is 10. The number of carbonyl (C=O) groups excluding carboxylic acids is 2. The number of carboxylic acids is 2. The van der Waals surface area contributed by atoms with Gasteiger partial charge >= 0.3 is 103 Å². The molecular formula is C10H14K2O10. The Balaban J connectivity index is 0. The zero-order valence-electron chi connectivity index (χ0n) is 12.1. The predicted molar refractivity (Wildman–Crippen MR) is 53.3 cm³/mol. The first-order chi connectivity index (χ1) is 9.27. The molecule has 10 nitrogen and oxygen atoms in total. The van der Waals surface area contributed by atoms with Crippen LogP contribution in [0.5, 0.6) is 0 Å². The number of carbonyl (C=O) groups is 2. The van der Waals surface area contributed by atoms with E-state index in [2.05, 4.69) is 4.74 Å². The second kappa shape index (κ2) is 12.3. The minimum absolute atomic E-state index is 0. The van der Waals surface area contributed by atoms with Crippen molar-refractivity contribution in [1.29, 1.82) is 0 Å². The Kier molecular flexibility index (Phi) is 14.7. The van der Waals surface area contributed by atoms with E-state index in [0.717, 1.165) is 0 Å². The largest absolute Gasteiger partial charge is 1.00 e.